The molecule has 1 unspecified atom stereocenters. The van der Waals surface area contributed by atoms with Gasteiger partial charge in [0.25, 0.3) is 0 Å². The van der Waals surface area contributed by atoms with Crippen molar-refractivity contribution in [1.82, 2.24) is 20.3 Å². The Bertz CT molecular complexity index is 827. The van der Waals surface area contributed by atoms with Crippen LogP contribution in [0.4, 0.5) is 0 Å². The van der Waals surface area contributed by atoms with Crippen LogP contribution in [0, 0.1) is 0 Å². The lowest BCUT2D eigenvalue weighted by Crippen LogP contribution is -2.25. The fourth-order valence-corrected chi connectivity index (χ4v) is 2.73. The van der Waals surface area contributed by atoms with Gasteiger partial charge in [0.1, 0.15) is 0 Å². The van der Waals surface area contributed by atoms with Crippen molar-refractivity contribution in [3.63, 3.8) is 0 Å². The molecular formula is C20H22N4O2. The predicted molar refractivity (Wildman–Crippen MR) is 97.8 cm³/mol. The number of aromatic nitrogens is 3. The van der Waals surface area contributed by atoms with E-state index in [2.05, 4.69) is 20.3 Å². The third-order valence-electron chi connectivity index (χ3n) is 4.04. The van der Waals surface area contributed by atoms with Gasteiger partial charge in [-0.15, -0.1) is 0 Å². The molecule has 1 atom stereocenters. The quantitative estimate of drug-likeness (QED) is 0.575. The van der Waals surface area contributed by atoms with Gasteiger partial charge < -0.3 is 15.5 Å². The van der Waals surface area contributed by atoms with Gasteiger partial charge in [0, 0.05) is 24.9 Å². The summed E-state index contributed by atoms with van der Waals surface area (Å²) in [4.78, 5) is 13.3. The number of nitrogens with one attached hydrogen (secondary N) is 1. The van der Waals surface area contributed by atoms with E-state index in [0.717, 1.165) is 17.1 Å². The maximum absolute atomic E-state index is 9.38. The lowest BCUT2D eigenvalue weighted by Gasteiger charge is -2.19. The van der Waals surface area contributed by atoms with Gasteiger partial charge in [0.15, 0.2) is 0 Å². The highest BCUT2D eigenvalue weighted by Gasteiger charge is 2.15. The zero-order valence-corrected chi connectivity index (χ0v) is 14.4. The largest absolute Gasteiger partial charge is 0.390 e. The maximum Gasteiger partial charge on any atom is 0.0853 e. The van der Waals surface area contributed by atoms with Crippen molar-refractivity contribution in [2.24, 2.45) is 0 Å². The monoisotopic (exact) mass is 350 g/mol. The van der Waals surface area contributed by atoms with Gasteiger partial charge in [-0.05, 0) is 36.4 Å². The molecule has 3 rings (SSSR count). The van der Waals surface area contributed by atoms with Crippen molar-refractivity contribution in [1.29, 1.82) is 0 Å². The van der Waals surface area contributed by atoms with Crippen LogP contribution in [0.3, 0.4) is 0 Å². The second-order valence-electron chi connectivity index (χ2n) is 5.95. The first kappa shape index (κ1) is 18.1. The number of aliphatic hydroxyl groups is 2. The van der Waals surface area contributed by atoms with Crippen molar-refractivity contribution >= 4 is 0 Å². The molecule has 3 aromatic heterocycles. The van der Waals surface area contributed by atoms with E-state index in [1.807, 2.05) is 42.5 Å². The summed E-state index contributed by atoms with van der Waals surface area (Å²) in [6, 6.07) is 17.0. The highest BCUT2D eigenvalue weighted by Crippen LogP contribution is 2.17. The Labute approximate surface area is 152 Å². The average Bonchev–Trinajstić information content (AvgIpc) is 2.72. The van der Waals surface area contributed by atoms with Crippen LogP contribution in [-0.4, -0.2) is 25.2 Å². The summed E-state index contributed by atoms with van der Waals surface area (Å²) < 4.78 is 0. The zero-order chi connectivity index (χ0) is 18.2. The molecular weight excluding hydrogens is 328 g/mol. The summed E-state index contributed by atoms with van der Waals surface area (Å²) in [5.74, 6) is 0. The van der Waals surface area contributed by atoms with Crippen molar-refractivity contribution < 1.29 is 10.2 Å². The van der Waals surface area contributed by atoms with E-state index in [4.69, 9.17) is 0 Å². The lowest BCUT2D eigenvalue weighted by molar-refractivity contribution is 0.275. The first-order valence-electron chi connectivity index (χ1n) is 8.54. The Balaban J connectivity index is 1.82. The van der Waals surface area contributed by atoms with Crippen molar-refractivity contribution in [3.05, 3.63) is 89.3 Å². The molecule has 0 amide bonds. The summed E-state index contributed by atoms with van der Waals surface area (Å²) in [5, 5.41) is 22.2. The van der Waals surface area contributed by atoms with Gasteiger partial charge in [0.05, 0.1) is 42.0 Å². The minimum atomic E-state index is -0.0982. The highest BCUT2D eigenvalue weighted by molar-refractivity contribution is 5.19. The molecule has 0 aliphatic carbocycles. The van der Waals surface area contributed by atoms with E-state index in [1.54, 1.807) is 18.3 Å². The Morgan fingerprint density at radius 2 is 1.46 bits per heavy atom. The smallest absolute Gasteiger partial charge is 0.0853 e. The normalized spacial score (nSPS) is 12.1. The molecule has 0 aliphatic rings. The van der Waals surface area contributed by atoms with Crippen LogP contribution in [0.5, 0.6) is 0 Å². The molecule has 0 bridgehead atoms. The molecule has 6 heteroatoms. The summed E-state index contributed by atoms with van der Waals surface area (Å²) in [6.07, 6.45) is 2.38. The van der Waals surface area contributed by atoms with Crippen LogP contribution < -0.4 is 5.32 Å². The SMILES string of the molecule is OCc1cccc(CC(NCc2ccccn2)c2cccc(CO)n2)n1. The topological polar surface area (TPSA) is 91.2 Å². The first-order valence-corrected chi connectivity index (χ1v) is 8.54. The molecule has 0 saturated heterocycles. The van der Waals surface area contributed by atoms with E-state index in [0.29, 0.717) is 24.4 Å². The number of aliphatic hydroxyl groups excluding tert-OH is 2. The van der Waals surface area contributed by atoms with Crippen molar-refractivity contribution in [2.75, 3.05) is 0 Å². The number of hydrogen-bond donors (Lipinski definition) is 3. The fourth-order valence-electron chi connectivity index (χ4n) is 2.73. The Hall–Kier alpha value is -2.67. The van der Waals surface area contributed by atoms with Crippen molar-refractivity contribution in [3.8, 4) is 0 Å². The maximum atomic E-state index is 9.38. The van der Waals surface area contributed by atoms with E-state index >= 15 is 0 Å². The van der Waals surface area contributed by atoms with Gasteiger partial charge in [0.2, 0.25) is 0 Å². The number of rotatable bonds is 8. The zero-order valence-electron chi connectivity index (χ0n) is 14.4. The Morgan fingerprint density at radius 1 is 0.769 bits per heavy atom. The lowest BCUT2D eigenvalue weighted by atomic mass is 10.1. The molecule has 134 valence electrons. The summed E-state index contributed by atoms with van der Waals surface area (Å²) in [5.41, 5.74) is 3.91. The Kier molecular flexibility index (Phi) is 6.38. The first-order chi connectivity index (χ1) is 12.8. The number of nitrogens with zero attached hydrogens (tertiary/aromatic N) is 3. The summed E-state index contributed by atoms with van der Waals surface area (Å²) in [7, 11) is 0. The van der Waals surface area contributed by atoms with Gasteiger partial charge in [-0.1, -0.05) is 18.2 Å². The van der Waals surface area contributed by atoms with Crippen LogP contribution >= 0.6 is 0 Å². The average molecular weight is 350 g/mol. The molecule has 0 spiro atoms. The van der Waals surface area contributed by atoms with Gasteiger partial charge in [-0.25, -0.2) is 0 Å². The minimum absolute atomic E-state index is 0.0852. The molecule has 0 saturated carbocycles. The fraction of sp³-hybridized carbons (Fsp3) is 0.250. The van der Waals surface area contributed by atoms with Crippen LogP contribution in [-0.2, 0) is 26.2 Å². The van der Waals surface area contributed by atoms with Crippen LogP contribution in [0.25, 0.3) is 0 Å². The third kappa shape index (κ3) is 4.92. The predicted octanol–water partition coefficient (Wildman–Crippen LogP) is 1.93. The molecule has 6 nitrogen and oxygen atoms in total. The van der Waals surface area contributed by atoms with E-state index < -0.39 is 0 Å². The summed E-state index contributed by atoms with van der Waals surface area (Å²) >= 11 is 0. The van der Waals surface area contributed by atoms with Gasteiger partial charge in [-0.3, -0.25) is 15.0 Å². The van der Waals surface area contributed by atoms with Crippen LogP contribution in [0.15, 0.2) is 60.8 Å². The van der Waals surface area contributed by atoms with E-state index in [-0.39, 0.29) is 19.3 Å². The molecule has 0 aliphatic heterocycles. The van der Waals surface area contributed by atoms with Crippen molar-refractivity contribution in [2.45, 2.75) is 32.2 Å². The van der Waals surface area contributed by atoms with Crippen LogP contribution in [0.2, 0.25) is 0 Å². The molecule has 0 fully saturated rings. The number of pyridine rings is 3. The molecule has 3 N–H and O–H groups in total. The van der Waals surface area contributed by atoms with Gasteiger partial charge >= 0.3 is 0 Å². The standard InChI is InChI=1S/C20H22N4O2/c25-13-17-7-3-6-15(23-17)11-20(19-9-4-8-18(14-26)24-19)22-12-16-5-1-2-10-21-16/h1-10,20,22,25-26H,11-14H2. The molecule has 3 heterocycles. The molecule has 0 radical (unpaired) electrons. The van der Waals surface area contributed by atoms with Crippen LogP contribution in [0.1, 0.15) is 34.5 Å². The van der Waals surface area contributed by atoms with E-state index in [1.165, 1.54) is 0 Å². The minimum Gasteiger partial charge on any atom is -0.390 e. The number of hydrogen-bond acceptors (Lipinski definition) is 6. The molecule has 3 aromatic rings. The second-order valence-corrected chi connectivity index (χ2v) is 5.95. The third-order valence-corrected chi connectivity index (χ3v) is 4.04. The van der Waals surface area contributed by atoms with Gasteiger partial charge in [-0.2, -0.15) is 0 Å². The highest BCUT2D eigenvalue weighted by atomic mass is 16.3. The summed E-state index contributed by atoms with van der Waals surface area (Å²) in [6.45, 7) is 0.410. The second kappa shape index (κ2) is 9.15. The molecule has 0 aromatic carbocycles. The molecule has 26 heavy (non-hydrogen) atoms. The van der Waals surface area contributed by atoms with E-state index in [9.17, 15) is 10.2 Å². The Morgan fingerprint density at radius 3 is 2.19 bits per heavy atom.